The van der Waals surface area contributed by atoms with E-state index in [9.17, 15) is 4.79 Å². The summed E-state index contributed by atoms with van der Waals surface area (Å²) < 4.78 is 11.0. The van der Waals surface area contributed by atoms with Gasteiger partial charge in [0, 0.05) is 6.54 Å². The molecule has 122 valence electrons. The summed E-state index contributed by atoms with van der Waals surface area (Å²) in [5, 5.41) is 0. The summed E-state index contributed by atoms with van der Waals surface area (Å²) in [6.45, 7) is 6.80. The molecule has 1 aliphatic rings. The molecule has 0 amide bonds. The number of esters is 1. The number of ether oxygens (including phenoxy) is 2. The molecule has 0 saturated heterocycles. The van der Waals surface area contributed by atoms with E-state index in [1.807, 2.05) is 0 Å². The molecule has 1 atom stereocenters. The standard InChI is InChI=1S/C18H27NO3/c1-12(2)15-5-4-6-16(13(3)14-7-8-14)18(15)22-11-21-17(20)9-10-19/h4-6,12-14H,7-11,19H2,1-3H3/t13-/m1/s1. The summed E-state index contributed by atoms with van der Waals surface area (Å²) in [6, 6.07) is 6.31. The average molecular weight is 305 g/mol. The van der Waals surface area contributed by atoms with Gasteiger partial charge in [-0.1, -0.05) is 39.0 Å². The first-order chi connectivity index (χ1) is 10.5. The molecule has 1 aliphatic carbocycles. The molecule has 0 radical (unpaired) electrons. The van der Waals surface area contributed by atoms with Crippen molar-refractivity contribution in [3.63, 3.8) is 0 Å². The fourth-order valence-corrected chi connectivity index (χ4v) is 2.75. The summed E-state index contributed by atoms with van der Waals surface area (Å²) in [6.07, 6.45) is 2.80. The first-order valence-corrected chi connectivity index (χ1v) is 8.15. The average Bonchev–Trinajstić information content (AvgIpc) is 3.31. The third-order valence-electron chi connectivity index (χ3n) is 4.29. The van der Waals surface area contributed by atoms with Crippen LogP contribution in [0.4, 0.5) is 0 Å². The van der Waals surface area contributed by atoms with E-state index in [1.165, 1.54) is 24.0 Å². The van der Waals surface area contributed by atoms with Crippen molar-refractivity contribution in [3.05, 3.63) is 29.3 Å². The minimum Gasteiger partial charge on any atom is -0.457 e. The highest BCUT2D eigenvalue weighted by atomic mass is 16.7. The molecule has 0 unspecified atom stereocenters. The summed E-state index contributed by atoms with van der Waals surface area (Å²) in [4.78, 5) is 11.4. The van der Waals surface area contributed by atoms with Crippen LogP contribution in [-0.4, -0.2) is 19.3 Å². The van der Waals surface area contributed by atoms with Gasteiger partial charge in [0.1, 0.15) is 5.75 Å². The number of carbonyl (C=O) groups excluding carboxylic acids is 1. The Morgan fingerprint density at radius 1 is 1.27 bits per heavy atom. The quantitative estimate of drug-likeness (QED) is 0.589. The number of hydrogen-bond donors (Lipinski definition) is 1. The Kier molecular flexibility index (Phi) is 5.83. The molecule has 1 aromatic carbocycles. The Bertz CT molecular complexity index is 509. The van der Waals surface area contributed by atoms with Crippen LogP contribution in [0, 0.1) is 5.92 Å². The Labute approximate surface area is 133 Å². The predicted molar refractivity (Wildman–Crippen MR) is 86.9 cm³/mol. The zero-order valence-electron chi connectivity index (χ0n) is 13.8. The Balaban J connectivity index is 2.13. The fourth-order valence-electron chi connectivity index (χ4n) is 2.75. The van der Waals surface area contributed by atoms with Crippen molar-refractivity contribution >= 4 is 5.97 Å². The van der Waals surface area contributed by atoms with Crippen molar-refractivity contribution in [1.29, 1.82) is 0 Å². The highest BCUT2D eigenvalue weighted by Gasteiger charge is 2.31. The van der Waals surface area contributed by atoms with Crippen molar-refractivity contribution in [1.82, 2.24) is 0 Å². The van der Waals surface area contributed by atoms with Crippen LogP contribution >= 0.6 is 0 Å². The van der Waals surface area contributed by atoms with Gasteiger partial charge in [-0.3, -0.25) is 4.79 Å². The van der Waals surface area contributed by atoms with Gasteiger partial charge in [0.15, 0.2) is 0 Å². The molecule has 0 heterocycles. The SMILES string of the molecule is CC(C)c1cccc([C@H](C)C2CC2)c1OCOC(=O)CCN. The maximum Gasteiger partial charge on any atom is 0.309 e. The van der Waals surface area contributed by atoms with Gasteiger partial charge in [0.2, 0.25) is 6.79 Å². The third kappa shape index (κ3) is 4.23. The highest BCUT2D eigenvalue weighted by Crippen LogP contribution is 2.46. The van der Waals surface area contributed by atoms with E-state index in [0.29, 0.717) is 18.4 Å². The minimum absolute atomic E-state index is 0.0487. The molecular formula is C18H27NO3. The van der Waals surface area contributed by atoms with Crippen molar-refractivity contribution < 1.29 is 14.3 Å². The first-order valence-electron chi connectivity index (χ1n) is 8.15. The second-order valence-electron chi connectivity index (χ2n) is 6.36. The van der Waals surface area contributed by atoms with Crippen LogP contribution < -0.4 is 10.5 Å². The van der Waals surface area contributed by atoms with Crippen LogP contribution in [0.2, 0.25) is 0 Å². The van der Waals surface area contributed by atoms with Crippen molar-refractivity contribution in [3.8, 4) is 5.75 Å². The maximum atomic E-state index is 11.4. The predicted octanol–water partition coefficient (Wildman–Crippen LogP) is 3.55. The van der Waals surface area contributed by atoms with E-state index in [2.05, 4.69) is 39.0 Å². The molecule has 1 saturated carbocycles. The van der Waals surface area contributed by atoms with Crippen LogP contribution in [0.5, 0.6) is 5.75 Å². The van der Waals surface area contributed by atoms with Gasteiger partial charge in [-0.2, -0.15) is 0 Å². The monoisotopic (exact) mass is 305 g/mol. The molecule has 2 rings (SSSR count). The molecule has 4 nitrogen and oxygen atoms in total. The zero-order chi connectivity index (χ0) is 16.1. The van der Waals surface area contributed by atoms with Crippen molar-refractivity contribution in [2.24, 2.45) is 11.7 Å². The first kappa shape index (κ1) is 16.8. The number of carbonyl (C=O) groups is 1. The number of para-hydroxylation sites is 1. The molecule has 1 fully saturated rings. The van der Waals surface area contributed by atoms with Crippen LogP contribution in [0.3, 0.4) is 0 Å². The summed E-state index contributed by atoms with van der Waals surface area (Å²) in [7, 11) is 0. The normalized spacial score (nSPS) is 15.7. The highest BCUT2D eigenvalue weighted by molar-refractivity contribution is 5.69. The van der Waals surface area contributed by atoms with Gasteiger partial charge in [-0.25, -0.2) is 0 Å². The van der Waals surface area contributed by atoms with Gasteiger partial charge in [0.05, 0.1) is 6.42 Å². The second-order valence-corrected chi connectivity index (χ2v) is 6.36. The molecule has 0 aromatic heterocycles. The van der Waals surface area contributed by atoms with Crippen LogP contribution in [0.15, 0.2) is 18.2 Å². The maximum absolute atomic E-state index is 11.4. The molecular weight excluding hydrogens is 278 g/mol. The third-order valence-corrected chi connectivity index (χ3v) is 4.29. The van der Waals surface area contributed by atoms with Gasteiger partial charge in [0.25, 0.3) is 0 Å². The van der Waals surface area contributed by atoms with E-state index < -0.39 is 0 Å². The number of nitrogens with two attached hydrogens (primary N) is 1. The van der Waals surface area contributed by atoms with Gasteiger partial charge in [-0.15, -0.1) is 0 Å². The molecule has 0 spiro atoms. The van der Waals surface area contributed by atoms with Crippen LogP contribution in [0.25, 0.3) is 0 Å². The summed E-state index contributed by atoms with van der Waals surface area (Å²) in [5.41, 5.74) is 7.73. The molecule has 4 heteroatoms. The van der Waals surface area contributed by atoms with E-state index >= 15 is 0 Å². The Morgan fingerprint density at radius 2 is 1.95 bits per heavy atom. The molecule has 1 aromatic rings. The molecule has 22 heavy (non-hydrogen) atoms. The van der Waals surface area contributed by atoms with Crippen LogP contribution in [-0.2, 0) is 9.53 Å². The smallest absolute Gasteiger partial charge is 0.309 e. The lowest BCUT2D eigenvalue weighted by atomic mass is 9.90. The van der Waals surface area contributed by atoms with Crippen LogP contribution in [0.1, 0.15) is 63.0 Å². The number of hydrogen-bond acceptors (Lipinski definition) is 4. The fraction of sp³-hybridized carbons (Fsp3) is 0.611. The van der Waals surface area contributed by atoms with Gasteiger partial charge >= 0.3 is 5.97 Å². The zero-order valence-corrected chi connectivity index (χ0v) is 13.8. The summed E-state index contributed by atoms with van der Waals surface area (Å²) >= 11 is 0. The number of rotatable bonds is 8. The van der Waals surface area contributed by atoms with Crippen molar-refractivity contribution in [2.75, 3.05) is 13.3 Å². The van der Waals surface area contributed by atoms with Gasteiger partial charge < -0.3 is 15.2 Å². The van der Waals surface area contributed by atoms with E-state index in [4.69, 9.17) is 15.2 Å². The molecule has 0 bridgehead atoms. The minimum atomic E-state index is -0.318. The topological polar surface area (TPSA) is 61.5 Å². The van der Waals surface area contributed by atoms with E-state index in [1.54, 1.807) is 0 Å². The Morgan fingerprint density at radius 3 is 2.55 bits per heavy atom. The Hall–Kier alpha value is -1.55. The van der Waals surface area contributed by atoms with Crippen molar-refractivity contribution in [2.45, 2.75) is 51.9 Å². The van der Waals surface area contributed by atoms with E-state index in [-0.39, 0.29) is 19.2 Å². The molecule has 2 N–H and O–H groups in total. The molecule has 0 aliphatic heterocycles. The number of benzene rings is 1. The van der Waals surface area contributed by atoms with Gasteiger partial charge in [-0.05, 0) is 41.7 Å². The van der Waals surface area contributed by atoms with E-state index in [0.717, 1.165) is 11.7 Å². The largest absolute Gasteiger partial charge is 0.457 e. The lowest BCUT2D eigenvalue weighted by Gasteiger charge is -2.21. The lowest BCUT2D eigenvalue weighted by Crippen LogP contribution is -2.16. The second kappa shape index (κ2) is 7.63. The summed E-state index contributed by atoms with van der Waals surface area (Å²) in [5.74, 6) is 2.16. The lowest BCUT2D eigenvalue weighted by molar-refractivity contribution is -0.150.